The Hall–Kier alpha value is -1.25. The van der Waals surface area contributed by atoms with E-state index in [1.54, 1.807) is 24.3 Å². The lowest BCUT2D eigenvalue weighted by Crippen LogP contribution is -2.45. The van der Waals surface area contributed by atoms with Gasteiger partial charge in [0.05, 0.1) is 0 Å². The summed E-state index contributed by atoms with van der Waals surface area (Å²) in [4.78, 5) is 1.08. The molecular formula is C15H16N2O2S3. The number of thiocarbonyl (C=S) groups is 1. The summed E-state index contributed by atoms with van der Waals surface area (Å²) in [5.74, 6) is 0. The molecule has 4 nitrogen and oxygen atoms in total. The number of nitrogens with two attached hydrogens (primary N) is 1. The fraction of sp³-hybridized carbons (Fsp3) is 0.133. The van der Waals surface area contributed by atoms with Crippen molar-refractivity contribution in [1.29, 1.82) is 0 Å². The summed E-state index contributed by atoms with van der Waals surface area (Å²) in [6.07, 6.45) is 0. The fourth-order valence-electron chi connectivity index (χ4n) is 1.91. The predicted molar refractivity (Wildman–Crippen MR) is 93.8 cm³/mol. The molecule has 0 fully saturated rings. The molecule has 0 aromatic heterocycles. The summed E-state index contributed by atoms with van der Waals surface area (Å²) in [5, 5.41) is -0.164. The SMILES string of the molecule is Cc1ccccc1[S+]([O-])N(C(N)=S)[S+]([O-])c1ccccc1C. The first-order valence-corrected chi connectivity index (χ1v) is 9.10. The van der Waals surface area contributed by atoms with Crippen molar-refractivity contribution in [3.05, 3.63) is 59.7 Å². The maximum atomic E-state index is 12.8. The van der Waals surface area contributed by atoms with E-state index in [0.717, 1.165) is 14.8 Å². The van der Waals surface area contributed by atoms with Crippen molar-refractivity contribution in [3.63, 3.8) is 0 Å². The van der Waals surface area contributed by atoms with Crippen molar-refractivity contribution < 1.29 is 9.11 Å². The van der Waals surface area contributed by atoms with Crippen molar-refractivity contribution in [2.45, 2.75) is 23.6 Å². The molecule has 0 bridgehead atoms. The second kappa shape index (κ2) is 7.34. The van der Waals surface area contributed by atoms with Crippen LogP contribution < -0.4 is 5.73 Å². The van der Waals surface area contributed by atoms with Crippen LogP contribution in [0.2, 0.25) is 0 Å². The highest BCUT2D eigenvalue weighted by molar-refractivity contribution is 8.06. The van der Waals surface area contributed by atoms with Crippen molar-refractivity contribution in [3.8, 4) is 0 Å². The van der Waals surface area contributed by atoms with Crippen LogP contribution in [0.1, 0.15) is 11.1 Å². The number of benzene rings is 2. The standard InChI is InChI=1S/C15H16N2O2S3/c1-11-7-3-5-9-13(11)21(18)17(15(16)20)22(19)14-10-6-4-8-12(14)2/h3-10H,1-2H3,(H2,16,20). The molecule has 2 N–H and O–H groups in total. The highest BCUT2D eigenvalue weighted by atomic mass is 32.3. The number of hydrogen-bond donors (Lipinski definition) is 1. The second-order valence-corrected chi connectivity index (χ2v) is 7.88. The second-order valence-electron chi connectivity index (χ2n) is 4.62. The van der Waals surface area contributed by atoms with Gasteiger partial charge in [0, 0.05) is 14.8 Å². The van der Waals surface area contributed by atoms with Crippen molar-refractivity contribution >= 4 is 40.1 Å². The first kappa shape index (κ1) is 17.1. The molecule has 0 amide bonds. The predicted octanol–water partition coefficient (Wildman–Crippen LogP) is 2.59. The normalized spacial score (nSPS) is 13.5. The zero-order valence-corrected chi connectivity index (χ0v) is 14.6. The Bertz CT molecular complexity index is 630. The summed E-state index contributed by atoms with van der Waals surface area (Å²) in [6.45, 7) is 3.67. The smallest absolute Gasteiger partial charge is 0.264 e. The Labute approximate surface area is 142 Å². The molecular weight excluding hydrogens is 336 g/mol. The highest BCUT2D eigenvalue weighted by Gasteiger charge is 2.38. The third kappa shape index (κ3) is 3.56. The number of nitrogens with zero attached hydrogens (tertiary/aromatic N) is 1. The molecule has 2 atom stereocenters. The lowest BCUT2D eigenvalue weighted by molar-refractivity contribution is 0.544. The van der Waals surface area contributed by atoms with Gasteiger partial charge in [-0.15, -0.1) is 0 Å². The molecule has 0 aliphatic carbocycles. The first-order valence-electron chi connectivity index (χ1n) is 6.48. The molecule has 0 saturated heterocycles. The van der Waals surface area contributed by atoms with Crippen LogP contribution in [0.4, 0.5) is 0 Å². The van der Waals surface area contributed by atoms with Crippen LogP contribution in [0.3, 0.4) is 0 Å². The van der Waals surface area contributed by atoms with Gasteiger partial charge in [0.2, 0.25) is 0 Å². The maximum Gasteiger partial charge on any atom is 0.264 e. The Morgan fingerprint density at radius 2 is 1.27 bits per heavy atom. The molecule has 0 saturated carbocycles. The zero-order valence-electron chi connectivity index (χ0n) is 12.2. The Morgan fingerprint density at radius 1 is 0.909 bits per heavy atom. The molecule has 116 valence electrons. The van der Waals surface area contributed by atoms with E-state index in [1.807, 2.05) is 38.1 Å². The fourth-order valence-corrected chi connectivity index (χ4v) is 5.05. The van der Waals surface area contributed by atoms with E-state index < -0.39 is 22.7 Å². The molecule has 2 rings (SSSR count). The van der Waals surface area contributed by atoms with Crippen molar-refractivity contribution in [1.82, 2.24) is 3.71 Å². The van der Waals surface area contributed by atoms with Crippen LogP contribution in [0.15, 0.2) is 58.3 Å². The van der Waals surface area contributed by atoms with Gasteiger partial charge in [0.15, 0.2) is 32.5 Å². The van der Waals surface area contributed by atoms with Gasteiger partial charge in [0.1, 0.15) is 0 Å². The first-order chi connectivity index (χ1) is 10.4. The van der Waals surface area contributed by atoms with Gasteiger partial charge in [-0.3, -0.25) is 0 Å². The van der Waals surface area contributed by atoms with Crippen LogP contribution in [-0.2, 0) is 22.7 Å². The third-order valence-electron chi connectivity index (χ3n) is 3.04. The molecule has 2 aromatic carbocycles. The molecule has 0 spiro atoms. The highest BCUT2D eigenvalue weighted by Crippen LogP contribution is 2.27. The van der Waals surface area contributed by atoms with Gasteiger partial charge in [-0.05, 0) is 38.2 Å². The van der Waals surface area contributed by atoms with E-state index in [4.69, 9.17) is 18.0 Å². The van der Waals surface area contributed by atoms with E-state index in [0.29, 0.717) is 9.79 Å². The molecule has 0 aliphatic rings. The molecule has 2 unspecified atom stereocenters. The third-order valence-corrected chi connectivity index (χ3v) is 6.94. The molecule has 0 radical (unpaired) electrons. The minimum Gasteiger partial charge on any atom is -0.584 e. The van der Waals surface area contributed by atoms with Crippen molar-refractivity contribution in [2.24, 2.45) is 5.73 Å². The minimum atomic E-state index is -1.73. The average Bonchev–Trinajstić information content (AvgIpc) is 2.47. The van der Waals surface area contributed by atoms with E-state index in [2.05, 4.69) is 0 Å². The molecule has 0 heterocycles. The average molecular weight is 353 g/mol. The Balaban J connectivity index is 2.41. The largest absolute Gasteiger partial charge is 0.584 e. The topological polar surface area (TPSA) is 75.4 Å². The Kier molecular flexibility index (Phi) is 5.71. The zero-order chi connectivity index (χ0) is 16.3. The van der Waals surface area contributed by atoms with Gasteiger partial charge >= 0.3 is 0 Å². The number of rotatable bonds is 4. The van der Waals surface area contributed by atoms with Gasteiger partial charge in [-0.2, -0.15) is 0 Å². The quantitative estimate of drug-likeness (QED) is 0.676. The maximum absolute atomic E-state index is 12.8. The minimum absolute atomic E-state index is 0.164. The summed E-state index contributed by atoms with van der Waals surface area (Å²) >= 11 is 1.50. The Morgan fingerprint density at radius 3 is 1.59 bits per heavy atom. The van der Waals surface area contributed by atoms with Gasteiger partial charge in [0.25, 0.3) is 5.11 Å². The molecule has 2 aromatic rings. The number of hydrogen-bond acceptors (Lipinski definition) is 3. The van der Waals surface area contributed by atoms with Crippen LogP contribution in [-0.4, -0.2) is 17.9 Å². The molecule has 7 heteroatoms. The lowest BCUT2D eigenvalue weighted by Gasteiger charge is -2.25. The van der Waals surface area contributed by atoms with E-state index in [9.17, 15) is 9.11 Å². The van der Waals surface area contributed by atoms with Gasteiger partial charge in [-0.1, -0.05) is 36.4 Å². The van der Waals surface area contributed by atoms with Crippen molar-refractivity contribution in [2.75, 3.05) is 0 Å². The van der Waals surface area contributed by atoms with Gasteiger partial charge in [-0.25, -0.2) is 0 Å². The molecule has 22 heavy (non-hydrogen) atoms. The number of aryl methyl sites for hydroxylation is 2. The summed E-state index contributed by atoms with van der Waals surface area (Å²) in [5.41, 5.74) is 7.33. The van der Waals surface area contributed by atoms with Crippen LogP contribution in [0.25, 0.3) is 0 Å². The van der Waals surface area contributed by atoms with E-state index >= 15 is 0 Å². The van der Waals surface area contributed by atoms with E-state index in [-0.39, 0.29) is 5.11 Å². The molecule has 0 aliphatic heterocycles. The van der Waals surface area contributed by atoms with Crippen LogP contribution in [0, 0.1) is 13.8 Å². The van der Waals surface area contributed by atoms with E-state index in [1.165, 1.54) is 0 Å². The summed E-state index contributed by atoms with van der Waals surface area (Å²) in [7, 11) is 0. The lowest BCUT2D eigenvalue weighted by atomic mass is 10.2. The van der Waals surface area contributed by atoms with Crippen LogP contribution >= 0.6 is 12.2 Å². The van der Waals surface area contributed by atoms with Crippen LogP contribution in [0.5, 0.6) is 0 Å². The monoisotopic (exact) mass is 352 g/mol. The van der Waals surface area contributed by atoms with Gasteiger partial charge < -0.3 is 14.8 Å². The summed E-state index contributed by atoms with van der Waals surface area (Å²) < 4.78 is 26.7. The summed E-state index contributed by atoms with van der Waals surface area (Å²) in [6, 6.07) is 14.3.